The Balaban J connectivity index is 1.74. The zero-order valence-corrected chi connectivity index (χ0v) is 16.9. The topological polar surface area (TPSA) is 97.5 Å². The Morgan fingerprint density at radius 3 is 2.55 bits per heavy atom. The van der Waals surface area contributed by atoms with E-state index >= 15 is 0 Å². The fourth-order valence-electron chi connectivity index (χ4n) is 3.05. The normalized spacial score (nSPS) is 11.1. The highest BCUT2D eigenvalue weighted by atomic mass is 16.5. The molecular weight excluding hydrogens is 372 g/mol. The molecule has 0 unspecified atom stereocenters. The van der Waals surface area contributed by atoms with Crippen LogP contribution in [-0.2, 0) is 11.3 Å². The van der Waals surface area contributed by atoms with Crippen LogP contribution in [0.5, 0.6) is 5.75 Å². The van der Waals surface area contributed by atoms with E-state index in [9.17, 15) is 9.59 Å². The molecule has 1 aromatic carbocycles. The van der Waals surface area contributed by atoms with Gasteiger partial charge in [-0.2, -0.15) is 5.10 Å². The van der Waals surface area contributed by atoms with E-state index in [1.165, 1.54) is 0 Å². The third kappa shape index (κ3) is 4.53. The Morgan fingerprint density at radius 1 is 1.24 bits per heavy atom. The van der Waals surface area contributed by atoms with Crippen molar-refractivity contribution in [1.82, 2.24) is 19.7 Å². The molecule has 3 rings (SSSR count). The molecule has 0 saturated carbocycles. The van der Waals surface area contributed by atoms with E-state index in [4.69, 9.17) is 9.84 Å². The molecule has 1 N–H and O–H groups in total. The van der Waals surface area contributed by atoms with E-state index in [0.717, 1.165) is 16.6 Å². The molecule has 0 spiro atoms. The number of aliphatic carboxylic acids is 1. The van der Waals surface area contributed by atoms with E-state index in [1.54, 1.807) is 30.3 Å². The molecule has 0 aliphatic rings. The Hall–Kier alpha value is -3.42. The summed E-state index contributed by atoms with van der Waals surface area (Å²) in [4.78, 5) is 29.7. The number of carboxylic acids is 1. The SMILES string of the molecule is Cc1nc2c(cnn2C(C)C)cc1C(=O)N(C)Cc1ccc(OCC(=O)O)cc1. The maximum Gasteiger partial charge on any atom is 0.341 e. The van der Waals surface area contributed by atoms with Gasteiger partial charge in [0.25, 0.3) is 5.91 Å². The number of carbonyl (C=O) groups excluding carboxylic acids is 1. The monoisotopic (exact) mass is 396 g/mol. The first-order valence-electron chi connectivity index (χ1n) is 9.30. The second kappa shape index (κ2) is 8.30. The Morgan fingerprint density at radius 2 is 1.93 bits per heavy atom. The van der Waals surface area contributed by atoms with Gasteiger partial charge >= 0.3 is 5.97 Å². The van der Waals surface area contributed by atoms with Crippen LogP contribution in [0, 0.1) is 6.92 Å². The summed E-state index contributed by atoms with van der Waals surface area (Å²) in [6, 6.07) is 9.02. The number of ether oxygens (including phenoxy) is 1. The Labute approximate surface area is 168 Å². The number of pyridine rings is 1. The molecule has 0 fully saturated rings. The summed E-state index contributed by atoms with van der Waals surface area (Å²) in [7, 11) is 1.73. The summed E-state index contributed by atoms with van der Waals surface area (Å²) in [5, 5.41) is 13.9. The minimum atomic E-state index is -1.03. The first-order valence-corrected chi connectivity index (χ1v) is 9.30. The smallest absolute Gasteiger partial charge is 0.341 e. The summed E-state index contributed by atoms with van der Waals surface area (Å²) < 4.78 is 6.96. The highest BCUT2D eigenvalue weighted by Gasteiger charge is 2.18. The van der Waals surface area contributed by atoms with Crippen molar-refractivity contribution >= 4 is 22.9 Å². The number of aromatic nitrogens is 3. The average Bonchev–Trinajstić information content (AvgIpc) is 3.09. The van der Waals surface area contributed by atoms with Crippen LogP contribution in [-0.4, -0.2) is 50.3 Å². The van der Waals surface area contributed by atoms with E-state index in [-0.39, 0.29) is 18.6 Å². The molecule has 2 aromatic heterocycles. The van der Waals surface area contributed by atoms with Crippen molar-refractivity contribution in [2.24, 2.45) is 0 Å². The fraction of sp³-hybridized carbons (Fsp3) is 0.333. The number of benzene rings is 1. The van der Waals surface area contributed by atoms with Crippen LogP contribution in [0.4, 0.5) is 0 Å². The van der Waals surface area contributed by atoms with Crippen molar-refractivity contribution in [2.75, 3.05) is 13.7 Å². The number of carboxylic acid groups (broad SMARTS) is 1. The molecular formula is C21H24N4O4. The first kappa shape index (κ1) is 20.3. The number of amides is 1. The van der Waals surface area contributed by atoms with E-state index in [0.29, 0.717) is 23.6 Å². The van der Waals surface area contributed by atoms with Gasteiger partial charge in [0.2, 0.25) is 0 Å². The molecule has 0 atom stereocenters. The molecule has 0 bridgehead atoms. The number of carbonyl (C=O) groups is 2. The van der Waals surface area contributed by atoms with Crippen LogP contribution in [0.25, 0.3) is 11.0 Å². The Bertz CT molecular complexity index is 1040. The third-order valence-corrected chi connectivity index (χ3v) is 4.53. The maximum absolute atomic E-state index is 13.0. The predicted molar refractivity (Wildman–Crippen MR) is 108 cm³/mol. The van der Waals surface area contributed by atoms with Crippen molar-refractivity contribution in [1.29, 1.82) is 0 Å². The summed E-state index contributed by atoms with van der Waals surface area (Å²) >= 11 is 0. The van der Waals surface area contributed by atoms with Gasteiger partial charge in [0.1, 0.15) is 5.75 Å². The minimum Gasteiger partial charge on any atom is -0.482 e. The van der Waals surface area contributed by atoms with Crippen LogP contribution in [0.3, 0.4) is 0 Å². The van der Waals surface area contributed by atoms with Gasteiger partial charge in [-0.05, 0) is 44.5 Å². The van der Waals surface area contributed by atoms with Gasteiger partial charge in [-0.15, -0.1) is 0 Å². The van der Waals surface area contributed by atoms with Gasteiger partial charge in [0, 0.05) is 25.0 Å². The minimum absolute atomic E-state index is 0.125. The standard InChI is InChI=1S/C21H24N4O4/c1-13(2)25-20-16(10-22-25)9-18(14(3)23-20)21(28)24(4)11-15-5-7-17(8-6-15)29-12-19(26)27/h5-10,13H,11-12H2,1-4H3,(H,26,27). The molecule has 152 valence electrons. The largest absolute Gasteiger partial charge is 0.482 e. The number of fused-ring (bicyclic) bond motifs is 1. The van der Waals surface area contributed by atoms with Crippen molar-refractivity contribution in [2.45, 2.75) is 33.4 Å². The highest BCUT2D eigenvalue weighted by Crippen LogP contribution is 2.21. The molecule has 8 nitrogen and oxygen atoms in total. The number of aryl methyl sites for hydroxylation is 1. The number of hydrogen-bond acceptors (Lipinski definition) is 5. The van der Waals surface area contributed by atoms with Crippen molar-refractivity contribution in [3.63, 3.8) is 0 Å². The highest BCUT2D eigenvalue weighted by molar-refractivity contribution is 5.98. The lowest BCUT2D eigenvalue weighted by molar-refractivity contribution is -0.139. The van der Waals surface area contributed by atoms with E-state index < -0.39 is 5.97 Å². The van der Waals surface area contributed by atoms with Gasteiger partial charge in [0.05, 0.1) is 17.5 Å². The van der Waals surface area contributed by atoms with Gasteiger partial charge < -0.3 is 14.7 Å². The molecule has 0 aliphatic carbocycles. The van der Waals surface area contributed by atoms with Gasteiger partial charge in [-0.1, -0.05) is 12.1 Å². The van der Waals surface area contributed by atoms with E-state index in [2.05, 4.69) is 10.1 Å². The third-order valence-electron chi connectivity index (χ3n) is 4.53. The number of nitrogens with zero attached hydrogens (tertiary/aromatic N) is 4. The van der Waals surface area contributed by atoms with Crippen LogP contribution in [0.15, 0.2) is 36.5 Å². The quantitative estimate of drug-likeness (QED) is 0.659. The lowest BCUT2D eigenvalue weighted by Gasteiger charge is -2.19. The lowest BCUT2D eigenvalue weighted by Crippen LogP contribution is -2.27. The molecule has 8 heteroatoms. The van der Waals surface area contributed by atoms with Crippen molar-refractivity contribution in [3.05, 3.63) is 53.3 Å². The Kier molecular flexibility index (Phi) is 5.81. The second-order valence-electron chi connectivity index (χ2n) is 7.20. The van der Waals surface area contributed by atoms with Crippen LogP contribution in [0.1, 0.15) is 41.5 Å². The predicted octanol–water partition coefficient (Wildman–Crippen LogP) is 3.06. The zero-order chi connectivity index (χ0) is 21.1. The fourth-order valence-corrected chi connectivity index (χ4v) is 3.05. The number of hydrogen-bond donors (Lipinski definition) is 1. The molecule has 0 radical (unpaired) electrons. The molecule has 3 aromatic rings. The van der Waals surface area contributed by atoms with Crippen LogP contribution >= 0.6 is 0 Å². The summed E-state index contributed by atoms with van der Waals surface area (Å²) in [6.07, 6.45) is 1.73. The molecule has 1 amide bonds. The van der Waals surface area contributed by atoms with Crippen molar-refractivity contribution in [3.8, 4) is 5.75 Å². The van der Waals surface area contributed by atoms with E-state index in [1.807, 2.05) is 43.7 Å². The van der Waals surface area contributed by atoms with Crippen LogP contribution < -0.4 is 4.74 Å². The van der Waals surface area contributed by atoms with Crippen LogP contribution in [0.2, 0.25) is 0 Å². The lowest BCUT2D eigenvalue weighted by atomic mass is 10.1. The average molecular weight is 396 g/mol. The molecule has 0 saturated heterocycles. The molecule has 0 aliphatic heterocycles. The summed E-state index contributed by atoms with van der Waals surface area (Å²) in [5.74, 6) is -0.683. The first-order chi connectivity index (χ1) is 13.8. The maximum atomic E-state index is 13.0. The van der Waals surface area contributed by atoms with Crippen molar-refractivity contribution < 1.29 is 19.4 Å². The van der Waals surface area contributed by atoms with Gasteiger partial charge in [0.15, 0.2) is 12.3 Å². The summed E-state index contributed by atoms with van der Waals surface area (Å²) in [5.41, 5.74) is 2.88. The molecule has 29 heavy (non-hydrogen) atoms. The molecule has 2 heterocycles. The zero-order valence-electron chi connectivity index (χ0n) is 16.9. The number of rotatable bonds is 7. The van der Waals surface area contributed by atoms with Gasteiger partial charge in [-0.3, -0.25) is 4.79 Å². The van der Waals surface area contributed by atoms with Gasteiger partial charge in [-0.25, -0.2) is 14.5 Å². The summed E-state index contributed by atoms with van der Waals surface area (Å²) in [6.45, 7) is 5.91. The second-order valence-corrected chi connectivity index (χ2v) is 7.20.